The Bertz CT molecular complexity index is 882. The van der Waals surface area contributed by atoms with E-state index >= 15 is 0 Å². The summed E-state index contributed by atoms with van der Waals surface area (Å²) in [6.07, 6.45) is 1.71. The minimum absolute atomic E-state index is 0.132. The topological polar surface area (TPSA) is 58.8 Å². The van der Waals surface area contributed by atoms with Gasteiger partial charge in [-0.15, -0.1) is 11.3 Å². The summed E-state index contributed by atoms with van der Waals surface area (Å²) < 4.78 is 10.8. The lowest BCUT2D eigenvalue weighted by Gasteiger charge is -2.34. The Kier molecular flexibility index (Phi) is 5.22. The normalized spacial score (nSPS) is 15.1. The number of aromatic nitrogens is 1. The molecule has 0 aliphatic carbocycles. The van der Waals surface area contributed by atoms with Crippen LogP contribution >= 0.6 is 11.3 Å². The summed E-state index contributed by atoms with van der Waals surface area (Å²) in [5, 5.41) is 1.94. The zero-order valence-electron chi connectivity index (χ0n) is 15.1. The van der Waals surface area contributed by atoms with Crippen molar-refractivity contribution in [3.05, 3.63) is 58.6 Å². The highest BCUT2D eigenvalue weighted by molar-refractivity contribution is 7.12. The van der Waals surface area contributed by atoms with E-state index in [1.807, 2.05) is 46.7 Å². The molecule has 1 saturated heterocycles. The zero-order chi connectivity index (χ0) is 18.6. The Hall–Kier alpha value is -2.64. The molecule has 0 N–H and O–H groups in total. The molecule has 3 heterocycles. The molecule has 0 radical (unpaired) electrons. The molecule has 4 rings (SSSR count). The van der Waals surface area contributed by atoms with Gasteiger partial charge < -0.3 is 14.1 Å². The lowest BCUT2D eigenvalue weighted by Crippen LogP contribution is -2.48. The van der Waals surface area contributed by atoms with Gasteiger partial charge >= 0.3 is 0 Å². The van der Waals surface area contributed by atoms with Crippen LogP contribution in [-0.2, 0) is 6.54 Å². The number of carbonyl (C=O) groups excluding carboxylic acids is 1. The minimum atomic E-state index is 0.132. The number of oxazole rings is 1. The van der Waals surface area contributed by atoms with E-state index in [1.54, 1.807) is 13.4 Å². The fourth-order valence-electron chi connectivity index (χ4n) is 3.14. The molecule has 7 heteroatoms. The van der Waals surface area contributed by atoms with Crippen LogP contribution in [0.25, 0.3) is 11.5 Å². The van der Waals surface area contributed by atoms with Gasteiger partial charge in [-0.2, -0.15) is 0 Å². The van der Waals surface area contributed by atoms with Crippen LogP contribution in [-0.4, -0.2) is 54.0 Å². The summed E-state index contributed by atoms with van der Waals surface area (Å²) in [6, 6.07) is 11.5. The van der Waals surface area contributed by atoms with Crippen molar-refractivity contribution in [3.63, 3.8) is 0 Å². The maximum atomic E-state index is 12.4. The Morgan fingerprint density at radius 3 is 2.63 bits per heavy atom. The van der Waals surface area contributed by atoms with Gasteiger partial charge in [-0.1, -0.05) is 6.07 Å². The number of piperazine rings is 1. The van der Waals surface area contributed by atoms with E-state index < -0.39 is 0 Å². The SMILES string of the molecule is COc1ccc(-c2nc(CN3CCN(C(=O)c4cccs4)CC3)co2)cc1. The van der Waals surface area contributed by atoms with Crippen LogP contribution in [0.1, 0.15) is 15.4 Å². The molecule has 0 unspecified atom stereocenters. The zero-order valence-corrected chi connectivity index (χ0v) is 15.9. The molecule has 6 nitrogen and oxygen atoms in total. The first-order valence-electron chi connectivity index (χ1n) is 8.87. The number of amides is 1. The molecular weight excluding hydrogens is 362 g/mol. The van der Waals surface area contributed by atoms with Gasteiger partial charge in [-0.3, -0.25) is 9.69 Å². The van der Waals surface area contributed by atoms with Gasteiger partial charge in [0.15, 0.2) is 0 Å². The number of hydrogen-bond acceptors (Lipinski definition) is 6. The number of ether oxygens (including phenoxy) is 1. The van der Waals surface area contributed by atoms with Crippen molar-refractivity contribution in [1.82, 2.24) is 14.8 Å². The third-order valence-corrected chi connectivity index (χ3v) is 5.52. The van der Waals surface area contributed by atoms with Gasteiger partial charge in [0.05, 0.1) is 17.7 Å². The summed E-state index contributed by atoms with van der Waals surface area (Å²) >= 11 is 1.50. The van der Waals surface area contributed by atoms with E-state index in [-0.39, 0.29) is 5.91 Å². The number of benzene rings is 1. The molecular formula is C20H21N3O3S. The molecule has 0 atom stereocenters. The number of carbonyl (C=O) groups is 1. The Morgan fingerprint density at radius 2 is 1.96 bits per heavy atom. The van der Waals surface area contributed by atoms with E-state index in [0.717, 1.165) is 54.6 Å². The molecule has 1 fully saturated rings. The third kappa shape index (κ3) is 4.04. The highest BCUT2D eigenvalue weighted by Gasteiger charge is 2.23. The molecule has 2 aromatic heterocycles. The molecule has 0 bridgehead atoms. The first kappa shape index (κ1) is 17.8. The van der Waals surface area contributed by atoms with E-state index in [9.17, 15) is 4.79 Å². The molecule has 1 aromatic carbocycles. The Balaban J connectivity index is 1.33. The van der Waals surface area contributed by atoms with Gasteiger partial charge in [0.2, 0.25) is 5.89 Å². The third-order valence-electron chi connectivity index (χ3n) is 4.67. The highest BCUT2D eigenvalue weighted by atomic mass is 32.1. The molecule has 1 amide bonds. The fraction of sp³-hybridized carbons (Fsp3) is 0.300. The number of methoxy groups -OCH3 is 1. The van der Waals surface area contributed by atoms with Crippen LogP contribution in [0.2, 0.25) is 0 Å². The van der Waals surface area contributed by atoms with Crippen LogP contribution in [0.15, 0.2) is 52.5 Å². The minimum Gasteiger partial charge on any atom is -0.497 e. The average Bonchev–Trinajstić information content (AvgIpc) is 3.40. The van der Waals surface area contributed by atoms with Crippen molar-refractivity contribution in [2.24, 2.45) is 0 Å². The Morgan fingerprint density at radius 1 is 1.19 bits per heavy atom. The Labute approximate surface area is 162 Å². The largest absolute Gasteiger partial charge is 0.497 e. The predicted octanol–water partition coefficient (Wildman–Crippen LogP) is 3.37. The lowest BCUT2D eigenvalue weighted by atomic mass is 10.2. The van der Waals surface area contributed by atoms with Crippen LogP contribution < -0.4 is 4.74 Å². The lowest BCUT2D eigenvalue weighted by molar-refractivity contribution is 0.0631. The molecule has 140 valence electrons. The average molecular weight is 383 g/mol. The van der Waals surface area contributed by atoms with E-state index in [0.29, 0.717) is 5.89 Å². The van der Waals surface area contributed by atoms with E-state index in [1.165, 1.54) is 11.3 Å². The highest BCUT2D eigenvalue weighted by Crippen LogP contribution is 2.22. The van der Waals surface area contributed by atoms with Crippen molar-refractivity contribution in [2.75, 3.05) is 33.3 Å². The molecule has 3 aromatic rings. The van der Waals surface area contributed by atoms with Crippen LogP contribution in [0.5, 0.6) is 5.75 Å². The van der Waals surface area contributed by atoms with Crippen molar-refractivity contribution >= 4 is 17.2 Å². The molecule has 27 heavy (non-hydrogen) atoms. The summed E-state index contributed by atoms with van der Waals surface area (Å²) in [5.74, 6) is 1.55. The van der Waals surface area contributed by atoms with Gasteiger partial charge in [0, 0.05) is 38.3 Å². The molecule has 0 spiro atoms. The van der Waals surface area contributed by atoms with Crippen molar-refractivity contribution < 1.29 is 13.9 Å². The maximum Gasteiger partial charge on any atom is 0.264 e. The van der Waals surface area contributed by atoms with Crippen molar-refractivity contribution in [3.8, 4) is 17.2 Å². The van der Waals surface area contributed by atoms with Gasteiger partial charge in [-0.05, 0) is 35.7 Å². The maximum absolute atomic E-state index is 12.4. The predicted molar refractivity (Wildman–Crippen MR) is 104 cm³/mol. The van der Waals surface area contributed by atoms with E-state index in [2.05, 4.69) is 9.88 Å². The van der Waals surface area contributed by atoms with Crippen LogP contribution in [0, 0.1) is 0 Å². The quantitative estimate of drug-likeness (QED) is 0.676. The summed E-state index contributed by atoms with van der Waals surface area (Å²) in [6.45, 7) is 3.87. The smallest absolute Gasteiger partial charge is 0.264 e. The number of thiophene rings is 1. The van der Waals surface area contributed by atoms with Crippen LogP contribution in [0.3, 0.4) is 0 Å². The fourth-order valence-corrected chi connectivity index (χ4v) is 3.83. The summed E-state index contributed by atoms with van der Waals surface area (Å²) in [4.78, 5) is 22.0. The molecule has 0 saturated carbocycles. The molecule has 1 aliphatic heterocycles. The monoisotopic (exact) mass is 383 g/mol. The molecule has 1 aliphatic rings. The number of nitrogens with zero attached hydrogens (tertiary/aromatic N) is 3. The second-order valence-corrected chi connectivity index (χ2v) is 7.37. The second kappa shape index (κ2) is 7.94. The van der Waals surface area contributed by atoms with Gasteiger partial charge in [0.25, 0.3) is 5.91 Å². The van der Waals surface area contributed by atoms with Crippen molar-refractivity contribution in [1.29, 1.82) is 0 Å². The van der Waals surface area contributed by atoms with E-state index in [4.69, 9.17) is 9.15 Å². The number of hydrogen-bond donors (Lipinski definition) is 0. The first-order valence-corrected chi connectivity index (χ1v) is 9.75. The second-order valence-electron chi connectivity index (χ2n) is 6.42. The first-order chi connectivity index (χ1) is 13.2. The number of rotatable bonds is 5. The van der Waals surface area contributed by atoms with Gasteiger partial charge in [-0.25, -0.2) is 4.98 Å². The summed E-state index contributed by atoms with van der Waals surface area (Å²) in [7, 11) is 1.64. The van der Waals surface area contributed by atoms with Crippen molar-refractivity contribution in [2.45, 2.75) is 6.54 Å². The standard InChI is InChI=1S/C20H21N3O3S/c1-25-17-6-4-15(5-7-17)19-21-16(14-26-19)13-22-8-10-23(11-9-22)20(24)18-3-2-12-27-18/h2-7,12,14H,8-11,13H2,1H3. The van der Waals surface area contributed by atoms with Gasteiger partial charge in [0.1, 0.15) is 12.0 Å². The van der Waals surface area contributed by atoms with Crippen LogP contribution in [0.4, 0.5) is 0 Å². The summed E-state index contributed by atoms with van der Waals surface area (Å²) in [5.41, 5.74) is 1.83.